The summed E-state index contributed by atoms with van der Waals surface area (Å²) >= 11 is 0. The van der Waals surface area contributed by atoms with E-state index in [-0.39, 0.29) is 0 Å². The van der Waals surface area contributed by atoms with Crippen LogP contribution >= 0.6 is 0 Å². The van der Waals surface area contributed by atoms with Gasteiger partial charge in [-0.1, -0.05) is 11.6 Å². The summed E-state index contributed by atoms with van der Waals surface area (Å²) in [6, 6.07) is 0. The first-order chi connectivity index (χ1) is 5.45. The van der Waals surface area contributed by atoms with Gasteiger partial charge in [0.05, 0.1) is 0 Å². The summed E-state index contributed by atoms with van der Waals surface area (Å²) in [4.78, 5) is 0. The largest absolute Gasteiger partial charge is 0.0847 e. The molecule has 0 aromatic rings. The van der Waals surface area contributed by atoms with Crippen LogP contribution in [0.4, 0.5) is 0 Å². The molecule has 0 aromatic heterocycles. The Balaban J connectivity index is 1.77. The highest BCUT2D eigenvalue weighted by Gasteiger charge is 2.40. The Labute approximate surface area is 68.7 Å². The van der Waals surface area contributed by atoms with Crippen molar-refractivity contribution < 1.29 is 0 Å². The van der Waals surface area contributed by atoms with Gasteiger partial charge in [0.15, 0.2) is 0 Å². The molecule has 0 amide bonds. The van der Waals surface area contributed by atoms with E-state index in [4.69, 9.17) is 0 Å². The molecule has 1 unspecified atom stereocenters. The molecule has 0 saturated heterocycles. The third kappa shape index (κ3) is 1.04. The van der Waals surface area contributed by atoms with Crippen molar-refractivity contribution in [2.75, 3.05) is 0 Å². The first-order valence-corrected chi connectivity index (χ1v) is 5.15. The summed E-state index contributed by atoms with van der Waals surface area (Å²) in [5.74, 6) is 3.25. The van der Waals surface area contributed by atoms with E-state index in [9.17, 15) is 0 Å². The van der Waals surface area contributed by atoms with Crippen LogP contribution in [0.3, 0.4) is 0 Å². The van der Waals surface area contributed by atoms with E-state index >= 15 is 0 Å². The molecule has 0 N–H and O–H groups in total. The van der Waals surface area contributed by atoms with Crippen LogP contribution in [0.5, 0.6) is 0 Å². The van der Waals surface area contributed by atoms with E-state index in [1.54, 1.807) is 0 Å². The van der Waals surface area contributed by atoms with Crippen molar-refractivity contribution in [1.29, 1.82) is 0 Å². The second-order valence-corrected chi connectivity index (χ2v) is 4.50. The fourth-order valence-corrected chi connectivity index (χ4v) is 2.64. The summed E-state index contributed by atoms with van der Waals surface area (Å²) in [7, 11) is 0. The van der Waals surface area contributed by atoms with E-state index in [0.717, 1.165) is 17.8 Å². The van der Waals surface area contributed by atoms with Crippen LogP contribution in [0.1, 0.15) is 38.5 Å². The van der Waals surface area contributed by atoms with Crippen molar-refractivity contribution in [2.45, 2.75) is 38.5 Å². The molecule has 0 heterocycles. The lowest BCUT2D eigenvalue weighted by atomic mass is 9.93. The summed E-state index contributed by atoms with van der Waals surface area (Å²) in [6.07, 6.45) is 11.5. The summed E-state index contributed by atoms with van der Waals surface area (Å²) < 4.78 is 0. The molecule has 0 aliphatic heterocycles. The van der Waals surface area contributed by atoms with Crippen LogP contribution < -0.4 is 0 Å². The Kier molecular flexibility index (Phi) is 1.21. The SMILES string of the molecule is C1=C(C2CC2)C(C2CC2)CC1. The van der Waals surface area contributed by atoms with Gasteiger partial charge in [-0.3, -0.25) is 0 Å². The fourth-order valence-electron chi connectivity index (χ4n) is 2.64. The first kappa shape index (κ1) is 6.28. The van der Waals surface area contributed by atoms with Crippen LogP contribution in [-0.4, -0.2) is 0 Å². The average Bonchev–Trinajstić information content (AvgIpc) is 2.91. The minimum absolute atomic E-state index is 1.06. The third-order valence-corrected chi connectivity index (χ3v) is 3.53. The zero-order chi connectivity index (χ0) is 7.26. The smallest absolute Gasteiger partial charge is 0.0169 e. The van der Waals surface area contributed by atoms with Crippen molar-refractivity contribution >= 4 is 0 Å². The minimum Gasteiger partial charge on any atom is -0.0847 e. The molecular weight excluding hydrogens is 132 g/mol. The number of hydrogen-bond donors (Lipinski definition) is 0. The summed E-state index contributed by atoms with van der Waals surface area (Å²) in [6.45, 7) is 0. The summed E-state index contributed by atoms with van der Waals surface area (Å²) in [5.41, 5.74) is 1.88. The molecule has 1 atom stereocenters. The Hall–Kier alpha value is -0.260. The van der Waals surface area contributed by atoms with Crippen LogP contribution in [0.2, 0.25) is 0 Å². The highest BCUT2D eigenvalue weighted by molar-refractivity contribution is 5.22. The van der Waals surface area contributed by atoms with Gasteiger partial charge >= 0.3 is 0 Å². The van der Waals surface area contributed by atoms with E-state index in [1.165, 1.54) is 38.5 Å². The number of rotatable bonds is 2. The van der Waals surface area contributed by atoms with Crippen LogP contribution in [0.15, 0.2) is 11.6 Å². The van der Waals surface area contributed by atoms with Gasteiger partial charge in [0.2, 0.25) is 0 Å². The molecule has 0 bridgehead atoms. The minimum atomic E-state index is 1.06. The third-order valence-electron chi connectivity index (χ3n) is 3.53. The number of allylic oxidation sites excluding steroid dienone is 2. The fraction of sp³-hybridized carbons (Fsp3) is 0.818. The van der Waals surface area contributed by atoms with Gasteiger partial charge in [-0.25, -0.2) is 0 Å². The molecule has 0 heteroatoms. The second kappa shape index (κ2) is 2.12. The van der Waals surface area contributed by atoms with Gasteiger partial charge in [-0.2, -0.15) is 0 Å². The normalized spacial score (nSPS) is 37.5. The van der Waals surface area contributed by atoms with Crippen molar-refractivity contribution in [2.24, 2.45) is 17.8 Å². The van der Waals surface area contributed by atoms with Crippen molar-refractivity contribution in [3.05, 3.63) is 11.6 Å². The quantitative estimate of drug-likeness (QED) is 0.528. The molecule has 0 radical (unpaired) electrons. The number of hydrogen-bond acceptors (Lipinski definition) is 0. The molecule has 2 fully saturated rings. The predicted octanol–water partition coefficient (Wildman–Crippen LogP) is 3.14. The van der Waals surface area contributed by atoms with Gasteiger partial charge in [0, 0.05) is 0 Å². The van der Waals surface area contributed by atoms with E-state index in [2.05, 4.69) is 6.08 Å². The van der Waals surface area contributed by atoms with Crippen molar-refractivity contribution in [3.8, 4) is 0 Å². The molecule has 11 heavy (non-hydrogen) atoms. The maximum atomic E-state index is 2.56. The van der Waals surface area contributed by atoms with Gasteiger partial charge in [-0.15, -0.1) is 0 Å². The van der Waals surface area contributed by atoms with Gasteiger partial charge in [0.25, 0.3) is 0 Å². The lowest BCUT2D eigenvalue weighted by molar-refractivity contribution is 0.512. The molecular formula is C11H16. The molecule has 3 rings (SSSR count). The van der Waals surface area contributed by atoms with E-state index in [1.807, 2.05) is 5.57 Å². The molecule has 0 spiro atoms. The Morgan fingerprint density at radius 2 is 1.82 bits per heavy atom. The van der Waals surface area contributed by atoms with E-state index < -0.39 is 0 Å². The molecule has 3 aliphatic rings. The highest BCUT2D eigenvalue weighted by atomic mass is 14.5. The van der Waals surface area contributed by atoms with Gasteiger partial charge < -0.3 is 0 Å². The van der Waals surface area contributed by atoms with Crippen molar-refractivity contribution in [1.82, 2.24) is 0 Å². The van der Waals surface area contributed by atoms with Gasteiger partial charge in [0.1, 0.15) is 0 Å². The molecule has 2 saturated carbocycles. The first-order valence-electron chi connectivity index (χ1n) is 5.15. The Bertz CT molecular complexity index is 194. The molecule has 0 aromatic carbocycles. The standard InChI is InChI=1S/C11H16/c1-2-10(8-4-5-8)11(3-1)9-6-7-9/h2,8-9,11H,1,3-7H2. The Morgan fingerprint density at radius 1 is 1.00 bits per heavy atom. The second-order valence-electron chi connectivity index (χ2n) is 4.50. The lowest BCUT2D eigenvalue weighted by Crippen LogP contribution is -2.02. The predicted molar refractivity (Wildman–Crippen MR) is 46.3 cm³/mol. The van der Waals surface area contributed by atoms with Crippen molar-refractivity contribution in [3.63, 3.8) is 0 Å². The highest BCUT2D eigenvalue weighted by Crippen LogP contribution is 2.52. The van der Waals surface area contributed by atoms with Gasteiger partial charge in [-0.05, 0) is 56.3 Å². The maximum Gasteiger partial charge on any atom is -0.0169 e. The monoisotopic (exact) mass is 148 g/mol. The Morgan fingerprint density at radius 3 is 2.45 bits per heavy atom. The average molecular weight is 148 g/mol. The summed E-state index contributed by atoms with van der Waals surface area (Å²) in [5, 5.41) is 0. The zero-order valence-electron chi connectivity index (χ0n) is 7.05. The lowest BCUT2D eigenvalue weighted by Gasteiger charge is -2.12. The van der Waals surface area contributed by atoms with Crippen LogP contribution in [0.25, 0.3) is 0 Å². The van der Waals surface area contributed by atoms with E-state index in [0.29, 0.717) is 0 Å². The maximum absolute atomic E-state index is 2.56. The molecule has 0 nitrogen and oxygen atoms in total. The topological polar surface area (TPSA) is 0 Å². The van der Waals surface area contributed by atoms with Crippen LogP contribution in [0, 0.1) is 17.8 Å². The molecule has 60 valence electrons. The van der Waals surface area contributed by atoms with Crippen LogP contribution in [-0.2, 0) is 0 Å². The molecule has 3 aliphatic carbocycles. The zero-order valence-corrected chi connectivity index (χ0v) is 7.05.